The summed E-state index contributed by atoms with van der Waals surface area (Å²) in [6, 6.07) is 78.0. The minimum atomic E-state index is 0.932. The Hall–Kier alpha value is -8.12. The van der Waals surface area contributed by atoms with Gasteiger partial charge in [0, 0.05) is 53.4 Å². The number of anilines is 3. The van der Waals surface area contributed by atoms with Crippen LogP contribution in [0.2, 0.25) is 0 Å². The molecule has 4 heterocycles. The number of hydrogen-bond donors (Lipinski definition) is 0. The third kappa shape index (κ3) is 6.63. The molecule has 0 amide bonds. The van der Waals surface area contributed by atoms with Crippen molar-refractivity contribution in [1.82, 2.24) is 14.5 Å². The van der Waals surface area contributed by atoms with Crippen molar-refractivity contribution in [1.29, 1.82) is 0 Å². The lowest BCUT2D eigenvalue weighted by Crippen LogP contribution is -2.10. The standard InChI is InChI=1S/C58H38N4S/c1-3-11-41(12-4-1)53-32-29-47(37-59-53)61(48-30-33-54(60-38-48)42-13-5-2-6-14-42)45-25-19-39(20-26-45)43-24-34-56-52(35-43)49-15-7-9-17-55(49)62(56)46-27-21-40(22-28-46)44-23-31-51-50-16-8-10-18-57(50)63-58(51)36-44/h1-38H. The number of rotatable bonds is 8. The molecule has 8 aromatic carbocycles. The van der Waals surface area contributed by atoms with Crippen molar-refractivity contribution in [3.05, 3.63) is 231 Å². The molecule has 0 N–H and O–H groups in total. The molecule has 0 radical (unpaired) electrons. The summed E-state index contributed by atoms with van der Waals surface area (Å²) in [5, 5.41) is 5.11. The summed E-state index contributed by atoms with van der Waals surface area (Å²) in [5.74, 6) is 0. The zero-order valence-corrected chi connectivity index (χ0v) is 35.0. The topological polar surface area (TPSA) is 34.0 Å². The smallest absolute Gasteiger partial charge is 0.0703 e. The first-order valence-corrected chi connectivity index (χ1v) is 22.0. The van der Waals surface area contributed by atoms with Crippen LogP contribution in [-0.2, 0) is 0 Å². The van der Waals surface area contributed by atoms with Crippen molar-refractivity contribution in [2.75, 3.05) is 4.90 Å². The SMILES string of the molecule is c1ccc(-c2ccc(N(c3ccc(-c4ccc5c(c4)c4ccccc4n5-c4ccc(-c5ccc6c(c5)sc5ccccc56)cc4)cc3)c3ccc(-c4ccccc4)nc3)cn2)cc1. The van der Waals surface area contributed by atoms with Gasteiger partial charge in [0.15, 0.2) is 0 Å². The van der Waals surface area contributed by atoms with Gasteiger partial charge in [0.05, 0.1) is 46.2 Å². The molecule has 0 saturated heterocycles. The second-order valence-corrected chi connectivity index (χ2v) is 16.9. The van der Waals surface area contributed by atoms with Crippen LogP contribution in [0.5, 0.6) is 0 Å². The number of benzene rings is 8. The van der Waals surface area contributed by atoms with Crippen LogP contribution in [0.25, 0.3) is 92.4 Å². The molecule has 12 aromatic rings. The van der Waals surface area contributed by atoms with E-state index in [0.717, 1.165) is 50.8 Å². The Kier molecular flexibility index (Phi) is 8.98. The molecule has 5 heteroatoms. The highest BCUT2D eigenvalue weighted by atomic mass is 32.1. The van der Waals surface area contributed by atoms with Gasteiger partial charge in [0.25, 0.3) is 0 Å². The summed E-state index contributed by atoms with van der Waals surface area (Å²) < 4.78 is 5.04. The van der Waals surface area contributed by atoms with E-state index in [-0.39, 0.29) is 0 Å². The molecule has 0 atom stereocenters. The predicted octanol–water partition coefficient (Wildman–Crippen LogP) is 16.1. The first kappa shape index (κ1) is 36.7. The van der Waals surface area contributed by atoms with Crippen LogP contribution >= 0.6 is 11.3 Å². The average Bonchev–Trinajstić information content (AvgIpc) is 3.90. The Morgan fingerprint density at radius 1 is 0.333 bits per heavy atom. The van der Waals surface area contributed by atoms with Crippen LogP contribution in [-0.4, -0.2) is 14.5 Å². The highest BCUT2D eigenvalue weighted by Crippen LogP contribution is 2.40. The van der Waals surface area contributed by atoms with E-state index in [1.807, 2.05) is 60.1 Å². The summed E-state index contributed by atoms with van der Waals surface area (Å²) in [6.07, 6.45) is 3.90. The largest absolute Gasteiger partial charge is 0.309 e. The zero-order chi connectivity index (χ0) is 41.7. The molecule has 0 aliphatic carbocycles. The quantitative estimate of drug-likeness (QED) is 0.153. The van der Waals surface area contributed by atoms with Crippen LogP contribution in [0.4, 0.5) is 17.1 Å². The predicted molar refractivity (Wildman–Crippen MR) is 266 cm³/mol. The van der Waals surface area contributed by atoms with Gasteiger partial charge in [-0.3, -0.25) is 9.97 Å². The molecule has 63 heavy (non-hydrogen) atoms. The molecule has 12 rings (SSSR count). The monoisotopic (exact) mass is 822 g/mol. The zero-order valence-electron chi connectivity index (χ0n) is 34.1. The second kappa shape index (κ2) is 15.4. The van der Waals surface area contributed by atoms with E-state index in [1.54, 1.807) is 0 Å². The molecule has 0 unspecified atom stereocenters. The fraction of sp³-hybridized carbons (Fsp3) is 0. The molecule has 0 aliphatic heterocycles. The first-order chi connectivity index (χ1) is 31.2. The molecule has 0 spiro atoms. The van der Waals surface area contributed by atoms with Crippen molar-refractivity contribution >= 4 is 70.4 Å². The molecule has 0 fully saturated rings. The van der Waals surface area contributed by atoms with E-state index >= 15 is 0 Å². The van der Waals surface area contributed by atoms with Gasteiger partial charge in [-0.2, -0.15) is 0 Å². The Morgan fingerprint density at radius 2 is 0.841 bits per heavy atom. The third-order valence-corrected chi connectivity index (χ3v) is 13.3. The van der Waals surface area contributed by atoms with E-state index in [4.69, 9.17) is 9.97 Å². The normalized spacial score (nSPS) is 11.5. The molecule has 0 saturated carbocycles. The Balaban J connectivity index is 0.879. The second-order valence-electron chi connectivity index (χ2n) is 15.9. The number of fused-ring (bicyclic) bond motifs is 6. The number of hydrogen-bond acceptors (Lipinski definition) is 4. The van der Waals surface area contributed by atoms with Crippen molar-refractivity contribution in [2.45, 2.75) is 0 Å². The molecule has 4 nitrogen and oxygen atoms in total. The number of nitrogens with zero attached hydrogens (tertiary/aromatic N) is 4. The van der Waals surface area contributed by atoms with Gasteiger partial charge >= 0.3 is 0 Å². The molecular formula is C58H38N4S. The maximum Gasteiger partial charge on any atom is 0.0703 e. The van der Waals surface area contributed by atoms with E-state index in [9.17, 15) is 0 Å². The van der Waals surface area contributed by atoms with Gasteiger partial charge in [-0.25, -0.2) is 0 Å². The minimum absolute atomic E-state index is 0.932. The minimum Gasteiger partial charge on any atom is -0.309 e. The summed E-state index contributed by atoms with van der Waals surface area (Å²) in [7, 11) is 0. The lowest BCUT2D eigenvalue weighted by atomic mass is 10.0. The van der Waals surface area contributed by atoms with Gasteiger partial charge < -0.3 is 9.47 Å². The lowest BCUT2D eigenvalue weighted by Gasteiger charge is -2.25. The van der Waals surface area contributed by atoms with Gasteiger partial charge in [-0.05, 0) is 101 Å². The van der Waals surface area contributed by atoms with Gasteiger partial charge in [-0.1, -0.05) is 140 Å². The van der Waals surface area contributed by atoms with Crippen molar-refractivity contribution in [3.63, 3.8) is 0 Å². The van der Waals surface area contributed by atoms with Crippen LogP contribution in [0.1, 0.15) is 0 Å². The fourth-order valence-electron chi connectivity index (χ4n) is 8.99. The molecule has 0 aliphatic rings. The number of thiophene rings is 1. The Bertz CT molecular complexity index is 3490. The molecule has 4 aromatic heterocycles. The van der Waals surface area contributed by atoms with Gasteiger partial charge in [0.2, 0.25) is 0 Å². The number of para-hydroxylation sites is 1. The van der Waals surface area contributed by atoms with Gasteiger partial charge in [0.1, 0.15) is 0 Å². The van der Waals surface area contributed by atoms with Crippen molar-refractivity contribution < 1.29 is 0 Å². The van der Waals surface area contributed by atoms with Crippen molar-refractivity contribution in [3.8, 4) is 50.5 Å². The van der Waals surface area contributed by atoms with Crippen LogP contribution < -0.4 is 4.90 Å². The lowest BCUT2D eigenvalue weighted by molar-refractivity contribution is 1.18. The molecule has 0 bridgehead atoms. The maximum absolute atomic E-state index is 4.90. The third-order valence-electron chi connectivity index (χ3n) is 12.1. The van der Waals surface area contributed by atoms with Crippen molar-refractivity contribution in [2.24, 2.45) is 0 Å². The van der Waals surface area contributed by atoms with E-state index < -0.39 is 0 Å². The average molecular weight is 823 g/mol. The van der Waals surface area contributed by atoms with Crippen LogP contribution in [0, 0.1) is 0 Å². The number of pyridine rings is 2. The Morgan fingerprint density at radius 3 is 1.49 bits per heavy atom. The van der Waals surface area contributed by atoms with Crippen LogP contribution in [0.3, 0.4) is 0 Å². The highest BCUT2D eigenvalue weighted by molar-refractivity contribution is 7.25. The molecule has 296 valence electrons. The van der Waals surface area contributed by atoms with E-state index in [2.05, 4.69) is 191 Å². The maximum atomic E-state index is 4.90. The summed E-state index contributed by atoms with van der Waals surface area (Å²) in [5.41, 5.74) is 15.2. The van der Waals surface area contributed by atoms with E-state index in [1.165, 1.54) is 58.7 Å². The summed E-state index contributed by atoms with van der Waals surface area (Å²) in [4.78, 5) is 12.0. The van der Waals surface area contributed by atoms with Gasteiger partial charge in [-0.15, -0.1) is 11.3 Å². The van der Waals surface area contributed by atoms with E-state index in [0.29, 0.717) is 0 Å². The fourth-order valence-corrected chi connectivity index (χ4v) is 10.1. The Labute approximate surface area is 369 Å². The summed E-state index contributed by atoms with van der Waals surface area (Å²) >= 11 is 1.86. The molecular weight excluding hydrogens is 785 g/mol. The summed E-state index contributed by atoms with van der Waals surface area (Å²) in [6.45, 7) is 0. The first-order valence-electron chi connectivity index (χ1n) is 21.2. The highest BCUT2D eigenvalue weighted by Gasteiger charge is 2.17. The van der Waals surface area contributed by atoms with Crippen LogP contribution in [0.15, 0.2) is 231 Å². The number of aromatic nitrogens is 3.